The number of fused-ring (bicyclic) bond motifs is 1. The summed E-state index contributed by atoms with van der Waals surface area (Å²) in [6.45, 7) is 0.538. The van der Waals surface area contributed by atoms with Gasteiger partial charge in [0.15, 0.2) is 0 Å². The molecule has 6 heteroatoms. The minimum absolute atomic E-state index is 0.395. The molecule has 2 heterocycles. The fraction of sp³-hybridized carbons (Fsp3) is 0.0385. The lowest BCUT2D eigenvalue weighted by atomic mass is 10.1. The lowest BCUT2D eigenvalue weighted by molar-refractivity contribution is 0.563. The van der Waals surface area contributed by atoms with E-state index in [1.165, 1.54) is 0 Å². The largest absolute Gasteiger partial charge is 0.422 e. The zero-order chi connectivity index (χ0) is 21.9. The molecule has 0 spiro atoms. The highest BCUT2D eigenvalue weighted by Gasteiger charge is 2.16. The van der Waals surface area contributed by atoms with Crippen molar-refractivity contribution in [3.05, 3.63) is 117 Å². The van der Waals surface area contributed by atoms with Crippen molar-refractivity contribution < 1.29 is 4.42 Å². The Morgan fingerprint density at radius 2 is 1.72 bits per heavy atom. The van der Waals surface area contributed by atoms with Crippen LogP contribution in [-0.2, 0) is 6.54 Å². The predicted molar refractivity (Wildman–Crippen MR) is 130 cm³/mol. The molecule has 0 radical (unpaired) electrons. The van der Waals surface area contributed by atoms with Crippen LogP contribution in [0.5, 0.6) is 0 Å². The van der Waals surface area contributed by atoms with E-state index in [1.54, 1.807) is 17.0 Å². The van der Waals surface area contributed by atoms with Gasteiger partial charge in [0.05, 0.1) is 17.8 Å². The molecule has 156 valence electrons. The van der Waals surface area contributed by atoms with Crippen molar-refractivity contribution >= 4 is 33.1 Å². The topological polar surface area (TPSA) is 60.4 Å². The zero-order valence-electron chi connectivity index (χ0n) is 17.0. The van der Waals surface area contributed by atoms with Gasteiger partial charge in [-0.2, -0.15) is 5.10 Å². The van der Waals surface area contributed by atoms with Crippen LogP contribution in [-0.4, -0.2) is 16.0 Å². The molecule has 0 fully saturated rings. The standard InChI is InChI=1S/C26H18BrN3O2/c27-21-11-12-24-19(13-21)14-23(26(31)32-24)25-20(16-28-15-18-7-3-1-4-8-18)17-30(29-25)22-9-5-2-6-10-22/h1-14,16-17H,15H2. The quantitative estimate of drug-likeness (QED) is 0.226. The Morgan fingerprint density at radius 3 is 2.50 bits per heavy atom. The molecule has 32 heavy (non-hydrogen) atoms. The van der Waals surface area contributed by atoms with Crippen LogP contribution >= 0.6 is 15.9 Å². The maximum absolute atomic E-state index is 12.8. The maximum atomic E-state index is 12.8. The average Bonchev–Trinajstić information content (AvgIpc) is 3.24. The smallest absolute Gasteiger partial charge is 0.345 e. The normalized spacial score (nSPS) is 11.4. The van der Waals surface area contributed by atoms with Gasteiger partial charge < -0.3 is 4.42 Å². The molecular weight excluding hydrogens is 466 g/mol. The highest BCUT2D eigenvalue weighted by molar-refractivity contribution is 9.10. The van der Waals surface area contributed by atoms with Crippen LogP contribution in [0.25, 0.3) is 27.9 Å². The molecule has 2 aromatic heterocycles. The summed E-state index contributed by atoms with van der Waals surface area (Å²) in [5.74, 6) is 0. The van der Waals surface area contributed by atoms with Gasteiger partial charge in [-0.25, -0.2) is 9.48 Å². The Hall–Kier alpha value is -3.77. The van der Waals surface area contributed by atoms with Gasteiger partial charge in [-0.3, -0.25) is 4.99 Å². The first-order valence-corrected chi connectivity index (χ1v) is 10.9. The van der Waals surface area contributed by atoms with Gasteiger partial charge in [-0.1, -0.05) is 64.5 Å². The Balaban J connectivity index is 1.61. The third kappa shape index (κ3) is 4.18. The molecule has 0 saturated heterocycles. The summed E-state index contributed by atoms with van der Waals surface area (Å²) in [4.78, 5) is 17.4. The number of halogens is 1. The Kier molecular flexibility index (Phi) is 5.52. The van der Waals surface area contributed by atoms with Crippen molar-refractivity contribution in [2.24, 2.45) is 4.99 Å². The first-order valence-electron chi connectivity index (χ1n) is 10.1. The van der Waals surface area contributed by atoms with Crippen LogP contribution in [0.1, 0.15) is 11.1 Å². The van der Waals surface area contributed by atoms with Gasteiger partial charge in [0.1, 0.15) is 11.3 Å². The number of aliphatic imine (C=N–C) groups is 1. The SMILES string of the molecule is O=c1oc2ccc(Br)cc2cc1-c1nn(-c2ccccc2)cc1C=NCc1ccccc1. The fourth-order valence-corrected chi connectivity index (χ4v) is 3.88. The number of aromatic nitrogens is 2. The molecule has 5 rings (SSSR count). The lowest BCUT2D eigenvalue weighted by Crippen LogP contribution is -2.05. The van der Waals surface area contributed by atoms with Gasteiger partial charge in [-0.15, -0.1) is 0 Å². The van der Waals surface area contributed by atoms with Crippen molar-refractivity contribution in [1.29, 1.82) is 0 Å². The molecule has 3 aromatic carbocycles. The van der Waals surface area contributed by atoms with Crippen molar-refractivity contribution in [2.45, 2.75) is 6.54 Å². The second-order valence-corrected chi connectivity index (χ2v) is 8.21. The van der Waals surface area contributed by atoms with E-state index in [2.05, 4.69) is 20.9 Å². The van der Waals surface area contributed by atoms with Crippen molar-refractivity contribution in [2.75, 3.05) is 0 Å². The summed E-state index contributed by atoms with van der Waals surface area (Å²) < 4.78 is 8.24. The highest BCUT2D eigenvalue weighted by Crippen LogP contribution is 2.25. The summed E-state index contributed by atoms with van der Waals surface area (Å²) in [6.07, 6.45) is 3.64. The number of para-hydroxylation sites is 1. The van der Waals surface area contributed by atoms with Gasteiger partial charge in [0, 0.05) is 27.8 Å². The zero-order valence-corrected chi connectivity index (χ0v) is 18.6. The van der Waals surface area contributed by atoms with Gasteiger partial charge in [0.2, 0.25) is 0 Å². The van der Waals surface area contributed by atoms with Crippen LogP contribution < -0.4 is 5.63 Å². The van der Waals surface area contributed by atoms with Crippen molar-refractivity contribution in [3.8, 4) is 16.9 Å². The number of hydrogen-bond acceptors (Lipinski definition) is 4. The molecule has 0 aliphatic carbocycles. The number of hydrogen-bond donors (Lipinski definition) is 0. The first-order chi connectivity index (χ1) is 15.7. The molecular formula is C26H18BrN3O2. The van der Waals surface area contributed by atoms with E-state index in [1.807, 2.05) is 85.1 Å². The van der Waals surface area contributed by atoms with Crippen LogP contribution in [0, 0.1) is 0 Å². The molecule has 0 saturated carbocycles. The van der Waals surface area contributed by atoms with E-state index in [4.69, 9.17) is 9.52 Å². The molecule has 0 N–H and O–H groups in total. The lowest BCUT2D eigenvalue weighted by Gasteiger charge is -2.02. The molecule has 0 atom stereocenters. The molecule has 5 aromatic rings. The van der Waals surface area contributed by atoms with Crippen molar-refractivity contribution in [1.82, 2.24) is 9.78 Å². The summed E-state index contributed by atoms with van der Waals surface area (Å²) >= 11 is 3.48. The van der Waals surface area contributed by atoms with Crippen LogP contribution in [0.15, 0.2) is 110 Å². The minimum Gasteiger partial charge on any atom is -0.422 e. The molecule has 0 amide bonds. The summed E-state index contributed by atoms with van der Waals surface area (Å²) in [7, 11) is 0. The maximum Gasteiger partial charge on any atom is 0.345 e. The Labute approximate surface area is 192 Å². The van der Waals surface area contributed by atoms with Crippen molar-refractivity contribution in [3.63, 3.8) is 0 Å². The van der Waals surface area contributed by atoms with Crippen LogP contribution in [0.2, 0.25) is 0 Å². The van der Waals surface area contributed by atoms with Crippen LogP contribution in [0.4, 0.5) is 0 Å². The molecule has 0 aliphatic heterocycles. The van der Waals surface area contributed by atoms with E-state index < -0.39 is 5.63 Å². The van der Waals surface area contributed by atoms with Crippen LogP contribution in [0.3, 0.4) is 0 Å². The van der Waals surface area contributed by atoms with E-state index in [-0.39, 0.29) is 0 Å². The Morgan fingerprint density at radius 1 is 0.969 bits per heavy atom. The first kappa shape index (κ1) is 20.2. The van der Waals surface area contributed by atoms with E-state index in [0.29, 0.717) is 23.4 Å². The predicted octanol–water partition coefficient (Wildman–Crippen LogP) is 6.03. The number of benzene rings is 3. The van der Waals surface area contributed by atoms with E-state index in [0.717, 1.165) is 26.7 Å². The Bertz CT molecular complexity index is 1470. The van der Waals surface area contributed by atoms with Gasteiger partial charge in [0.25, 0.3) is 0 Å². The minimum atomic E-state index is -0.434. The third-order valence-electron chi connectivity index (χ3n) is 5.06. The van der Waals surface area contributed by atoms with E-state index in [9.17, 15) is 4.79 Å². The third-order valence-corrected chi connectivity index (χ3v) is 5.55. The summed E-state index contributed by atoms with van der Waals surface area (Å²) in [5, 5.41) is 5.54. The summed E-state index contributed by atoms with van der Waals surface area (Å²) in [5.41, 5.74) is 3.76. The molecule has 0 bridgehead atoms. The summed E-state index contributed by atoms with van der Waals surface area (Å²) in [6, 6.07) is 27.1. The average molecular weight is 484 g/mol. The second-order valence-electron chi connectivity index (χ2n) is 7.30. The highest BCUT2D eigenvalue weighted by atomic mass is 79.9. The fourth-order valence-electron chi connectivity index (χ4n) is 3.50. The van der Waals surface area contributed by atoms with Gasteiger partial charge >= 0.3 is 5.63 Å². The number of rotatable bonds is 5. The monoisotopic (exact) mass is 483 g/mol. The second kappa shape index (κ2) is 8.77. The molecule has 0 aliphatic rings. The molecule has 0 unspecified atom stereocenters. The molecule has 5 nitrogen and oxygen atoms in total. The number of nitrogens with zero attached hydrogens (tertiary/aromatic N) is 3. The van der Waals surface area contributed by atoms with E-state index >= 15 is 0 Å². The van der Waals surface area contributed by atoms with Gasteiger partial charge in [-0.05, 0) is 42.0 Å².